The summed E-state index contributed by atoms with van der Waals surface area (Å²) in [6.45, 7) is -0.236. The van der Waals surface area contributed by atoms with Crippen LogP contribution in [0.3, 0.4) is 0 Å². The highest BCUT2D eigenvalue weighted by molar-refractivity contribution is 7.16. The van der Waals surface area contributed by atoms with E-state index in [1.807, 2.05) is 11.4 Å². The lowest BCUT2D eigenvalue weighted by atomic mass is 10.3. The molecule has 124 valence electrons. The van der Waals surface area contributed by atoms with Crippen molar-refractivity contribution in [1.82, 2.24) is 29.4 Å². The van der Waals surface area contributed by atoms with Crippen LogP contribution in [-0.2, 0) is 6.54 Å². The molecular weight excluding hydrogens is 348 g/mol. The highest BCUT2D eigenvalue weighted by atomic mass is 32.1. The molecule has 4 aromatic rings. The Morgan fingerprint density at radius 1 is 1.12 bits per heavy atom. The molecule has 0 aromatic carbocycles. The van der Waals surface area contributed by atoms with Crippen LogP contribution in [0.1, 0.15) is 30.1 Å². The fourth-order valence-electron chi connectivity index (χ4n) is 2.37. The monoisotopic (exact) mass is 356 g/mol. The third-order valence-electron chi connectivity index (χ3n) is 3.41. The van der Waals surface area contributed by atoms with Crippen molar-refractivity contribution >= 4 is 27.2 Å². The lowest BCUT2D eigenvalue weighted by Gasteiger charge is -2.03. The smallest absolute Gasteiger partial charge is 0.256 e. The largest absolute Gasteiger partial charge is 0.282 e. The molecule has 0 radical (unpaired) electrons. The first-order valence-electron chi connectivity index (χ1n) is 6.74. The zero-order chi connectivity index (χ0) is 16.8. The van der Waals surface area contributed by atoms with Gasteiger partial charge in [-0.05, 0) is 17.5 Å². The summed E-state index contributed by atoms with van der Waals surface area (Å²) in [5.74, 6) is 0.182. The number of rotatable bonds is 4. The average Bonchev–Trinajstić information content (AvgIpc) is 3.23. The molecule has 0 saturated heterocycles. The minimum absolute atomic E-state index is 0.182. The van der Waals surface area contributed by atoms with Crippen molar-refractivity contribution in [2.24, 2.45) is 0 Å². The van der Waals surface area contributed by atoms with Crippen molar-refractivity contribution in [3.05, 3.63) is 41.1 Å². The van der Waals surface area contributed by atoms with E-state index in [-0.39, 0.29) is 12.4 Å². The van der Waals surface area contributed by atoms with Crippen molar-refractivity contribution in [2.75, 3.05) is 0 Å². The molecule has 6 nitrogen and oxygen atoms in total. The average molecular weight is 356 g/mol. The van der Waals surface area contributed by atoms with E-state index in [2.05, 4.69) is 20.2 Å². The predicted molar refractivity (Wildman–Crippen MR) is 77.4 cm³/mol. The number of hydrogen-bond acceptors (Lipinski definition) is 5. The van der Waals surface area contributed by atoms with E-state index in [9.17, 15) is 17.6 Å². The fraction of sp³-hybridized carbons (Fsp3) is 0.231. The third kappa shape index (κ3) is 2.40. The van der Waals surface area contributed by atoms with Crippen LogP contribution in [0.4, 0.5) is 17.6 Å². The summed E-state index contributed by atoms with van der Waals surface area (Å²) >= 11 is 1.44. The molecule has 0 N–H and O–H groups in total. The van der Waals surface area contributed by atoms with E-state index < -0.39 is 24.2 Å². The number of thiophene rings is 1. The molecule has 0 aliphatic rings. The molecule has 0 amide bonds. The minimum Gasteiger partial charge on any atom is -0.256 e. The second-order valence-corrected chi connectivity index (χ2v) is 5.83. The van der Waals surface area contributed by atoms with Crippen LogP contribution in [-0.4, -0.2) is 29.4 Å². The molecule has 0 aliphatic carbocycles. The summed E-state index contributed by atoms with van der Waals surface area (Å²) < 4.78 is 53.7. The Bertz CT molecular complexity index is 1020. The maximum Gasteiger partial charge on any atom is 0.282 e. The minimum atomic E-state index is -2.92. The van der Waals surface area contributed by atoms with Gasteiger partial charge >= 0.3 is 0 Å². The SMILES string of the molecule is FC(F)c1cc(C(F)F)n(Cc2nc3c4ccsc4ncn3n2)n1. The van der Waals surface area contributed by atoms with Gasteiger partial charge in [0.15, 0.2) is 11.5 Å². The van der Waals surface area contributed by atoms with E-state index in [0.717, 1.165) is 14.9 Å². The van der Waals surface area contributed by atoms with Gasteiger partial charge in [0.05, 0.1) is 5.39 Å². The summed E-state index contributed by atoms with van der Waals surface area (Å²) in [5.41, 5.74) is -0.769. The van der Waals surface area contributed by atoms with Crippen molar-refractivity contribution in [3.63, 3.8) is 0 Å². The second kappa shape index (κ2) is 5.51. The normalized spacial score (nSPS) is 12.2. The number of alkyl halides is 4. The number of nitrogens with zero attached hydrogens (tertiary/aromatic N) is 6. The number of fused-ring (bicyclic) bond motifs is 3. The molecule has 4 aromatic heterocycles. The molecule has 0 bridgehead atoms. The van der Waals surface area contributed by atoms with Crippen molar-refractivity contribution in [1.29, 1.82) is 0 Å². The zero-order valence-corrected chi connectivity index (χ0v) is 12.6. The third-order valence-corrected chi connectivity index (χ3v) is 4.23. The Morgan fingerprint density at radius 2 is 1.96 bits per heavy atom. The van der Waals surface area contributed by atoms with Crippen LogP contribution < -0.4 is 0 Å². The summed E-state index contributed by atoms with van der Waals surface area (Å²) in [6.07, 6.45) is -4.38. The molecule has 4 rings (SSSR count). The van der Waals surface area contributed by atoms with Gasteiger partial charge in [-0.1, -0.05) is 0 Å². The Hall–Kier alpha value is -2.56. The molecule has 0 atom stereocenters. The molecule has 0 fully saturated rings. The second-order valence-electron chi connectivity index (χ2n) is 4.93. The summed E-state index contributed by atoms with van der Waals surface area (Å²) in [7, 11) is 0. The van der Waals surface area contributed by atoms with Crippen LogP contribution >= 0.6 is 11.3 Å². The lowest BCUT2D eigenvalue weighted by molar-refractivity contribution is 0.139. The van der Waals surface area contributed by atoms with Gasteiger partial charge in [-0.2, -0.15) is 5.10 Å². The van der Waals surface area contributed by atoms with Gasteiger partial charge < -0.3 is 0 Å². The molecule has 11 heteroatoms. The number of halogens is 4. The van der Waals surface area contributed by atoms with Crippen LogP contribution in [0.2, 0.25) is 0 Å². The standard InChI is InChI=1S/C13H8F4N6S/c14-10(15)7-3-8(11(16)17)22(20-7)4-9-19-12-6-1-2-24-13(6)18-5-23(12)21-9/h1-3,5,10-11H,4H2. The topological polar surface area (TPSA) is 60.9 Å². The van der Waals surface area contributed by atoms with Gasteiger partial charge in [-0.25, -0.2) is 32.0 Å². The van der Waals surface area contributed by atoms with E-state index >= 15 is 0 Å². The van der Waals surface area contributed by atoms with Gasteiger partial charge in [0, 0.05) is 0 Å². The summed E-state index contributed by atoms with van der Waals surface area (Å²) in [6, 6.07) is 2.53. The molecule has 0 unspecified atom stereocenters. The first-order chi connectivity index (χ1) is 11.5. The Balaban J connectivity index is 1.76. The van der Waals surface area contributed by atoms with E-state index in [1.165, 1.54) is 22.2 Å². The fourth-order valence-corrected chi connectivity index (χ4v) is 3.10. The maximum atomic E-state index is 13.0. The predicted octanol–water partition coefficient (Wildman–Crippen LogP) is 3.46. The summed E-state index contributed by atoms with van der Waals surface area (Å²) in [5, 5.41) is 10.3. The van der Waals surface area contributed by atoms with Gasteiger partial charge in [0.2, 0.25) is 0 Å². The zero-order valence-electron chi connectivity index (χ0n) is 11.8. The van der Waals surface area contributed by atoms with Gasteiger partial charge in [-0.15, -0.1) is 16.4 Å². The van der Waals surface area contributed by atoms with Gasteiger partial charge in [-0.3, -0.25) is 4.68 Å². The van der Waals surface area contributed by atoms with E-state index in [1.54, 1.807) is 0 Å². The highest BCUT2D eigenvalue weighted by Gasteiger charge is 2.22. The first-order valence-corrected chi connectivity index (χ1v) is 7.62. The highest BCUT2D eigenvalue weighted by Crippen LogP contribution is 2.26. The van der Waals surface area contributed by atoms with Gasteiger partial charge in [0.25, 0.3) is 12.9 Å². The molecule has 0 saturated carbocycles. The molecule has 0 spiro atoms. The number of hydrogen-bond donors (Lipinski definition) is 0. The molecule has 4 heterocycles. The molecule has 0 aliphatic heterocycles. The first kappa shape index (κ1) is 15.0. The van der Waals surface area contributed by atoms with Crippen LogP contribution in [0.25, 0.3) is 15.9 Å². The van der Waals surface area contributed by atoms with E-state index in [0.29, 0.717) is 11.7 Å². The maximum absolute atomic E-state index is 13.0. The van der Waals surface area contributed by atoms with Crippen molar-refractivity contribution in [3.8, 4) is 0 Å². The van der Waals surface area contributed by atoms with Crippen LogP contribution in [0, 0.1) is 0 Å². The van der Waals surface area contributed by atoms with Gasteiger partial charge in [0.1, 0.15) is 29.1 Å². The van der Waals surface area contributed by atoms with Crippen LogP contribution in [0.5, 0.6) is 0 Å². The quantitative estimate of drug-likeness (QED) is 0.526. The Labute approximate surface area is 135 Å². The lowest BCUT2D eigenvalue weighted by Crippen LogP contribution is -2.08. The molecular formula is C13H8F4N6S. The van der Waals surface area contributed by atoms with Crippen LogP contribution in [0.15, 0.2) is 23.8 Å². The molecule has 24 heavy (non-hydrogen) atoms. The van der Waals surface area contributed by atoms with Crippen molar-refractivity contribution in [2.45, 2.75) is 19.4 Å². The van der Waals surface area contributed by atoms with E-state index in [4.69, 9.17) is 0 Å². The Morgan fingerprint density at radius 3 is 2.71 bits per heavy atom. The van der Waals surface area contributed by atoms with Crippen molar-refractivity contribution < 1.29 is 17.6 Å². The summed E-state index contributed by atoms with van der Waals surface area (Å²) in [4.78, 5) is 9.26. The number of aromatic nitrogens is 6. The Kier molecular flexibility index (Phi) is 3.44.